The van der Waals surface area contributed by atoms with Crippen LogP contribution in [0.25, 0.3) is 0 Å². The number of amides is 2. The summed E-state index contributed by atoms with van der Waals surface area (Å²) in [5.74, 6) is -0.987. The molecule has 0 bridgehead atoms. The highest BCUT2D eigenvalue weighted by Gasteiger charge is 2.27. The molecule has 2 amide bonds. The lowest BCUT2D eigenvalue weighted by atomic mass is 10.1. The highest BCUT2D eigenvalue weighted by atomic mass is 79.9. The van der Waals surface area contributed by atoms with Crippen LogP contribution < -0.4 is 10.6 Å². The van der Waals surface area contributed by atoms with Crippen LogP contribution in [0.1, 0.15) is 28.8 Å². The highest BCUT2D eigenvalue weighted by Crippen LogP contribution is 2.29. The number of esters is 1. The van der Waals surface area contributed by atoms with Crippen LogP contribution in [0.2, 0.25) is 0 Å². The number of carbonyl (C=O) groups is 3. The molecule has 1 aromatic rings. The third-order valence-corrected chi connectivity index (χ3v) is 4.86. The Hall–Kier alpha value is -1.25. The molecule has 20 heavy (non-hydrogen) atoms. The van der Waals surface area contributed by atoms with Crippen molar-refractivity contribution >= 4 is 45.1 Å². The summed E-state index contributed by atoms with van der Waals surface area (Å²) in [6.07, 6.45) is 0.776. The van der Waals surface area contributed by atoms with Gasteiger partial charge in [-0.3, -0.25) is 14.9 Å². The van der Waals surface area contributed by atoms with Crippen LogP contribution in [-0.2, 0) is 20.9 Å². The molecule has 108 valence electrons. The zero-order valence-electron chi connectivity index (χ0n) is 10.7. The zero-order valence-corrected chi connectivity index (χ0v) is 13.1. The lowest BCUT2D eigenvalue weighted by Gasteiger charge is -2.22. The summed E-state index contributed by atoms with van der Waals surface area (Å²) in [5, 5.41) is 7.05. The fraction of sp³-hybridized carbons (Fsp3) is 0.417. The zero-order chi connectivity index (χ0) is 14.7. The summed E-state index contributed by atoms with van der Waals surface area (Å²) in [6, 6.07) is -0.426. The van der Waals surface area contributed by atoms with Crippen LogP contribution in [0.4, 0.5) is 0 Å². The predicted molar refractivity (Wildman–Crippen MR) is 76.4 cm³/mol. The van der Waals surface area contributed by atoms with Crippen molar-refractivity contribution in [2.24, 2.45) is 0 Å². The maximum Gasteiger partial charge on any atom is 0.339 e. The molecular formula is C12H13BrN2O4S. The SMILES string of the molecule is COC(=O)c1csc(Br)c1CNC1CCC(=O)NC1=O. The second kappa shape index (κ2) is 6.47. The molecule has 8 heteroatoms. The van der Waals surface area contributed by atoms with Gasteiger partial charge in [0.05, 0.1) is 22.5 Å². The standard InChI is InChI=1S/C12H13BrN2O4S/c1-19-12(18)7-5-20-10(13)6(7)4-14-8-2-3-9(16)15-11(8)17/h5,8,14H,2-4H2,1H3,(H,15,16,17). The molecular weight excluding hydrogens is 348 g/mol. The number of halogens is 1. The Morgan fingerprint density at radius 2 is 2.35 bits per heavy atom. The van der Waals surface area contributed by atoms with Gasteiger partial charge in [-0.1, -0.05) is 0 Å². The van der Waals surface area contributed by atoms with Crippen LogP contribution in [0, 0.1) is 0 Å². The first-order chi connectivity index (χ1) is 9.52. The molecule has 2 N–H and O–H groups in total. The molecule has 0 radical (unpaired) electrons. The van der Waals surface area contributed by atoms with Gasteiger partial charge in [0.1, 0.15) is 0 Å². The number of ether oxygens (including phenoxy) is 1. The molecule has 1 atom stereocenters. The molecule has 1 fully saturated rings. The fourth-order valence-electron chi connectivity index (χ4n) is 1.92. The lowest BCUT2D eigenvalue weighted by Crippen LogP contribution is -2.50. The van der Waals surface area contributed by atoms with E-state index in [9.17, 15) is 14.4 Å². The van der Waals surface area contributed by atoms with Crippen molar-refractivity contribution < 1.29 is 19.1 Å². The lowest BCUT2D eigenvalue weighted by molar-refractivity contribution is -0.134. The Kier molecular flexibility index (Phi) is 4.90. The summed E-state index contributed by atoms with van der Waals surface area (Å²) in [5.41, 5.74) is 1.23. The summed E-state index contributed by atoms with van der Waals surface area (Å²) in [7, 11) is 1.32. The van der Waals surface area contributed by atoms with E-state index in [0.29, 0.717) is 24.9 Å². The topological polar surface area (TPSA) is 84.5 Å². The molecule has 0 saturated carbocycles. The van der Waals surface area contributed by atoms with Gasteiger partial charge in [-0.2, -0.15) is 0 Å². The van der Waals surface area contributed by atoms with Crippen LogP contribution in [0.3, 0.4) is 0 Å². The quantitative estimate of drug-likeness (QED) is 0.622. The molecule has 2 rings (SSSR count). The number of piperidine rings is 1. The highest BCUT2D eigenvalue weighted by molar-refractivity contribution is 9.11. The number of hydrogen-bond acceptors (Lipinski definition) is 6. The van der Waals surface area contributed by atoms with E-state index in [2.05, 4.69) is 26.6 Å². The third kappa shape index (κ3) is 3.25. The van der Waals surface area contributed by atoms with Gasteiger partial charge in [-0.05, 0) is 22.4 Å². The number of carbonyl (C=O) groups excluding carboxylic acids is 3. The molecule has 2 heterocycles. The van der Waals surface area contributed by atoms with Gasteiger partial charge in [0.25, 0.3) is 0 Å². The summed E-state index contributed by atoms with van der Waals surface area (Å²) < 4.78 is 5.53. The third-order valence-electron chi connectivity index (χ3n) is 3.01. The van der Waals surface area contributed by atoms with Crippen molar-refractivity contribution in [1.29, 1.82) is 0 Å². The monoisotopic (exact) mass is 360 g/mol. The number of methoxy groups -OCH3 is 1. The van der Waals surface area contributed by atoms with Gasteiger partial charge in [0, 0.05) is 23.9 Å². The van der Waals surface area contributed by atoms with Crippen molar-refractivity contribution in [3.8, 4) is 0 Å². The van der Waals surface area contributed by atoms with E-state index < -0.39 is 12.0 Å². The van der Waals surface area contributed by atoms with Gasteiger partial charge in [0.15, 0.2) is 0 Å². The van der Waals surface area contributed by atoms with E-state index in [0.717, 1.165) is 9.35 Å². The van der Waals surface area contributed by atoms with E-state index in [1.807, 2.05) is 0 Å². The van der Waals surface area contributed by atoms with Crippen LogP contribution in [0.15, 0.2) is 9.17 Å². The number of hydrogen-bond donors (Lipinski definition) is 2. The minimum Gasteiger partial charge on any atom is -0.465 e. The first kappa shape index (κ1) is 15.1. The van der Waals surface area contributed by atoms with E-state index in [1.54, 1.807) is 5.38 Å². The molecule has 1 saturated heterocycles. The normalized spacial score (nSPS) is 18.8. The van der Waals surface area contributed by atoms with Crippen molar-refractivity contribution in [1.82, 2.24) is 10.6 Å². The first-order valence-electron chi connectivity index (χ1n) is 5.94. The number of nitrogens with one attached hydrogen (secondary N) is 2. The average Bonchev–Trinajstić information content (AvgIpc) is 2.78. The van der Waals surface area contributed by atoms with Crippen LogP contribution in [-0.4, -0.2) is 30.9 Å². The van der Waals surface area contributed by atoms with Gasteiger partial charge in [-0.15, -0.1) is 11.3 Å². The van der Waals surface area contributed by atoms with Gasteiger partial charge in [-0.25, -0.2) is 4.79 Å². The fourth-order valence-corrected chi connectivity index (χ4v) is 3.34. The molecule has 0 aliphatic carbocycles. The number of imide groups is 1. The Bertz CT molecular complexity index is 558. The second-order valence-corrected chi connectivity index (χ2v) is 6.48. The van der Waals surface area contributed by atoms with Crippen LogP contribution in [0.5, 0.6) is 0 Å². The molecule has 1 aliphatic heterocycles. The maximum atomic E-state index is 11.6. The summed E-state index contributed by atoms with van der Waals surface area (Å²) in [4.78, 5) is 34.3. The molecule has 1 aromatic heterocycles. The van der Waals surface area contributed by atoms with Crippen molar-refractivity contribution in [2.45, 2.75) is 25.4 Å². The van der Waals surface area contributed by atoms with E-state index >= 15 is 0 Å². The second-order valence-electron chi connectivity index (χ2n) is 4.28. The number of thiophene rings is 1. The molecule has 6 nitrogen and oxygen atoms in total. The van der Waals surface area contributed by atoms with Crippen molar-refractivity contribution in [3.05, 3.63) is 20.3 Å². The maximum absolute atomic E-state index is 11.6. The largest absolute Gasteiger partial charge is 0.465 e. The Morgan fingerprint density at radius 1 is 1.60 bits per heavy atom. The Morgan fingerprint density at radius 3 is 3.00 bits per heavy atom. The smallest absolute Gasteiger partial charge is 0.339 e. The summed E-state index contributed by atoms with van der Waals surface area (Å²) in [6.45, 7) is 0.348. The predicted octanol–water partition coefficient (Wildman–Crippen LogP) is 1.19. The minimum absolute atomic E-state index is 0.250. The van der Waals surface area contributed by atoms with Crippen molar-refractivity contribution in [3.63, 3.8) is 0 Å². The Labute approximate surface area is 128 Å². The molecule has 0 aromatic carbocycles. The Balaban J connectivity index is 2.04. The van der Waals surface area contributed by atoms with Gasteiger partial charge in [0.2, 0.25) is 11.8 Å². The number of rotatable bonds is 4. The van der Waals surface area contributed by atoms with E-state index in [-0.39, 0.29) is 11.8 Å². The summed E-state index contributed by atoms with van der Waals surface area (Å²) >= 11 is 4.76. The molecule has 1 aliphatic rings. The molecule has 1 unspecified atom stereocenters. The van der Waals surface area contributed by atoms with Gasteiger partial charge >= 0.3 is 5.97 Å². The van der Waals surface area contributed by atoms with Crippen molar-refractivity contribution in [2.75, 3.05) is 7.11 Å². The van der Waals surface area contributed by atoms with Gasteiger partial charge < -0.3 is 10.1 Å². The van der Waals surface area contributed by atoms with E-state index in [1.165, 1.54) is 18.4 Å². The van der Waals surface area contributed by atoms with E-state index in [4.69, 9.17) is 4.74 Å². The first-order valence-corrected chi connectivity index (χ1v) is 7.61. The van der Waals surface area contributed by atoms with Crippen LogP contribution >= 0.6 is 27.3 Å². The molecule has 0 spiro atoms. The average molecular weight is 361 g/mol. The minimum atomic E-state index is -0.426.